The lowest BCUT2D eigenvalue weighted by atomic mass is 10.1. The number of amides is 1. The number of hydrogen-bond acceptors (Lipinski definition) is 6. The molecule has 1 amide bonds. The zero-order valence-electron chi connectivity index (χ0n) is 15.6. The summed E-state index contributed by atoms with van der Waals surface area (Å²) in [7, 11) is 0. The van der Waals surface area contributed by atoms with Gasteiger partial charge in [-0.05, 0) is 48.0 Å². The maximum Gasteiger partial charge on any atom is 0.260 e. The van der Waals surface area contributed by atoms with E-state index in [0.29, 0.717) is 31.9 Å². The summed E-state index contributed by atoms with van der Waals surface area (Å²) in [5.74, 6) is -0.568. The molecule has 3 heterocycles. The molecule has 0 N–H and O–H groups in total. The van der Waals surface area contributed by atoms with Gasteiger partial charge in [0.2, 0.25) is 0 Å². The fourth-order valence-corrected chi connectivity index (χ4v) is 4.14. The Morgan fingerprint density at radius 2 is 1.80 bits per heavy atom. The number of fused-ring (bicyclic) bond motifs is 2. The van der Waals surface area contributed by atoms with Crippen molar-refractivity contribution in [1.29, 1.82) is 0 Å². The van der Waals surface area contributed by atoms with Crippen molar-refractivity contribution in [1.82, 2.24) is 19.9 Å². The van der Waals surface area contributed by atoms with Crippen molar-refractivity contribution in [2.24, 2.45) is 0 Å². The molecule has 0 aliphatic heterocycles. The standard InChI is InChI=1S/C22H14FN5OS/c23-16-4-6-18-20(11-16)30-22(27-18)28(13-14-2-1-7-24-12-14)21(29)15-3-5-17-19(10-15)26-9-8-25-17/h1-12H,13H2. The van der Waals surface area contributed by atoms with E-state index in [2.05, 4.69) is 19.9 Å². The fraction of sp³-hybridized carbons (Fsp3) is 0.0455. The first-order chi connectivity index (χ1) is 14.7. The van der Waals surface area contributed by atoms with Crippen LogP contribution in [0.2, 0.25) is 0 Å². The molecule has 0 aliphatic rings. The molecule has 0 saturated heterocycles. The van der Waals surface area contributed by atoms with Crippen molar-refractivity contribution in [2.45, 2.75) is 6.54 Å². The van der Waals surface area contributed by atoms with E-state index >= 15 is 0 Å². The molecular formula is C22H14FN5OS. The van der Waals surface area contributed by atoms with Gasteiger partial charge in [-0.15, -0.1) is 0 Å². The minimum atomic E-state index is -0.337. The number of thiazole rings is 1. The maximum atomic E-state index is 13.6. The Bertz CT molecular complexity index is 1370. The number of halogens is 1. The Hall–Kier alpha value is -3.78. The Morgan fingerprint density at radius 3 is 2.63 bits per heavy atom. The van der Waals surface area contributed by atoms with Crippen molar-refractivity contribution in [3.8, 4) is 0 Å². The lowest BCUT2D eigenvalue weighted by molar-refractivity contribution is 0.0985. The number of nitrogens with zero attached hydrogens (tertiary/aromatic N) is 5. The van der Waals surface area contributed by atoms with E-state index in [1.165, 1.54) is 23.5 Å². The number of carbonyl (C=O) groups is 1. The molecule has 0 fully saturated rings. The third kappa shape index (κ3) is 3.48. The molecule has 0 atom stereocenters. The van der Waals surface area contributed by atoms with Gasteiger partial charge >= 0.3 is 0 Å². The van der Waals surface area contributed by atoms with E-state index in [9.17, 15) is 9.18 Å². The lowest BCUT2D eigenvalue weighted by Gasteiger charge is -2.20. The largest absolute Gasteiger partial charge is 0.279 e. The topological polar surface area (TPSA) is 71.9 Å². The van der Waals surface area contributed by atoms with Gasteiger partial charge in [-0.3, -0.25) is 24.6 Å². The number of rotatable bonds is 4. The molecule has 5 aromatic rings. The fourth-order valence-electron chi connectivity index (χ4n) is 3.15. The van der Waals surface area contributed by atoms with Crippen molar-refractivity contribution in [2.75, 3.05) is 4.90 Å². The highest BCUT2D eigenvalue weighted by molar-refractivity contribution is 7.22. The van der Waals surface area contributed by atoms with Crippen molar-refractivity contribution in [3.63, 3.8) is 0 Å². The van der Waals surface area contributed by atoms with Crippen LogP contribution in [-0.2, 0) is 6.54 Å². The summed E-state index contributed by atoms with van der Waals surface area (Å²) in [6.07, 6.45) is 6.59. The zero-order valence-corrected chi connectivity index (χ0v) is 16.4. The minimum absolute atomic E-state index is 0.231. The molecule has 3 aromatic heterocycles. The number of aromatic nitrogens is 4. The van der Waals surface area contributed by atoms with Gasteiger partial charge in [0.1, 0.15) is 5.82 Å². The van der Waals surface area contributed by atoms with Gasteiger partial charge in [-0.1, -0.05) is 17.4 Å². The summed E-state index contributed by atoms with van der Waals surface area (Å²) in [6, 6.07) is 13.3. The van der Waals surface area contributed by atoms with Gasteiger partial charge in [-0.25, -0.2) is 9.37 Å². The summed E-state index contributed by atoms with van der Waals surface area (Å²) >= 11 is 1.27. The highest BCUT2D eigenvalue weighted by atomic mass is 32.1. The maximum absolute atomic E-state index is 13.6. The van der Waals surface area contributed by atoms with Crippen molar-refractivity contribution < 1.29 is 9.18 Å². The molecule has 0 radical (unpaired) electrons. The molecule has 5 rings (SSSR count). The first-order valence-corrected chi connectivity index (χ1v) is 9.97. The van der Waals surface area contributed by atoms with Crippen molar-refractivity contribution >= 4 is 43.6 Å². The van der Waals surface area contributed by atoms with Gasteiger partial charge in [0, 0.05) is 30.4 Å². The third-order valence-corrected chi connectivity index (χ3v) is 5.64. The first-order valence-electron chi connectivity index (χ1n) is 9.15. The van der Waals surface area contributed by atoms with Crippen LogP contribution in [0.4, 0.5) is 9.52 Å². The van der Waals surface area contributed by atoms with Gasteiger partial charge in [0.25, 0.3) is 5.91 Å². The van der Waals surface area contributed by atoms with Crippen LogP contribution in [0.3, 0.4) is 0 Å². The highest BCUT2D eigenvalue weighted by Crippen LogP contribution is 2.31. The molecule has 0 aliphatic carbocycles. The molecule has 8 heteroatoms. The molecule has 0 saturated carbocycles. The number of benzene rings is 2. The van der Waals surface area contributed by atoms with Gasteiger partial charge in [0.05, 0.1) is 27.8 Å². The van der Waals surface area contributed by atoms with Gasteiger partial charge in [0.15, 0.2) is 5.13 Å². The molecule has 6 nitrogen and oxygen atoms in total. The predicted octanol–water partition coefficient (Wildman–Crippen LogP) is 4.62. The SMILES string of the molecule is O=C(c1ccc2nccnc2c1)N(Cc1cccnc1)c1nc2ccc(F)cc2s1. The molecule has 0 unspecified atom stereocenters. The Morgan fingerprint density at radius 1 is 0.967 bits per heavy atom. The summed E-state index contributed by atoms with van der Waals surface area (Å²) in [5.41, 5.74) is 3.32. The molecule has 2 aromatic carbocycles. The summed E-state index contributed by atoms with van der Waals surface area (Å²) in [6.45, 7) is 0.285. The quantitative estimate of drug-likeness (QED) is 0.428. The summed E-state index contributed by atoms with van der Waals surface area (Å²) in [5, 5.41) is 0.490. The molecule has 30 heavy (non-hydrogen) atoms. The molecule has 0 bridgehead atoms. The number of hydrogen-bond donors (Lipinski definition) is 0. The Labute approximate surface area is 174 Å². The van der Waals surface area contributed by atoms with Gasteiger partial charge < -0.3 is 0 Å². The molecular weight excluding hydrogens is 401 g/mol. The average molecular weight is 415 g/mol. The smallest absolute Gasteiger partial charge is 0.260 e. The molecule has 0 spiro atoms. The van der Waals surface area contributed by atoms with Crippen LogP contribution in [-0.4, -0.2) is 25.8 Å². The normalized spacial score (nSPS) is 11.1. The monoisotopic (exact) mass is 415 g/mol. The second-order valence-corrected chi connectivity index (χ2v) is 7.63. The average Bonchev–Trinajstić information content (AvgIpc) is 3.20. The summed E-state index contributed by atoms with van der Waals surface area (Å²) < 4.78 is 14.3. The first kappa shape index (κ1) is 18.3. The van der Waals surface area contributed by atoms with E-state index in [1.807, 2.05) is 12.1 Å². The number of carbonyl (C=O) groups excluding carboxylic acids is 1. The van der Waals surface area contributed by atoms with E-state index in [0.717, 1.165) is 5.56 Å². The van der Waals surface area contributed by atoms with E-state index in [-0.39, 0.29) is 18.3 Å². The van der Waals surface area contributed by atoms with Crippen LogP contribution >= 0.6 is 11.3 Å². The number of pyridine rings is 1. The second kappa shape index (κ2) is 7.57. The highest BCUT2D eigenvalue weighted by Gasteiger charge is 2.22. The van der Waals surface area contributed by atoms with Crippen LogP contribution in [0, 0.1) is 5.82 Å². The van der Waals surface area contributed by atoms with Crippen molar-refractivity contribution in [3.05, 3.63) is 90.3 Å². The Balaban J connectivity index is 1.59. The van der Waals surface area contributed by atoms with E-state index in [1.54, 1.807) is 54.0 Å². The van der Waals surface area contributed by atoms with Crippen LogP contribution < -0.4 is 4.90 Å². The van der Waals surface area contributed by atoms with Crippen LogP contribution in [0.15, 0.2) is 73.3 Å². The lowest BCUT2D eigenvalue weighted by Crippen LogP contribution is -2.30. The van der Waals surface area contributed by atoms with Gasteiger partial charge in [-0.2, -0.15) is 0 Å². The van der Waals surface area contributed by atoms with Crippen LogP contribution in [0.1, 0.15) is 15.9 Å². The van der Waals surface area contributed by atoms with E-state index < -0.39 is 0 Å². The molecule has 146 valence electrons. The van der Waals surface area contributed by atoms with Crippen LogP contribution in [0.5, 0.6) is 0 Å². The number of anilines is 1. The minimum Gasteiger partial charge on any atom is -0.279 e. The third-order valence-electron chi connectivity index (χ3n) is 4.60. The zero-order chi connectivity index (χ0) is 20.5. The second-order valence-electron chi connectivity index (χ2n) is 6.62. The predicted molar refractivity (Wildman–Crippen MR) is 114 cm³/mol. The van der Waals surface area contributed by atoms with Crippen LogP contribution in [0.25, 0.3) is 21.3 Å². The van der Waals surface area contributed by atoms with E-state index in [4.69, 9.17) is 0 Å². The Kier molecular flexibility index (Phi) is 4.61. The summed E-state index contributed by atoms with van der Waals surface area (Å²) in [4.78, 5) is 32.3.